The van der Waals surface area contributed by atoms with Gasteiger partial charge in [0, 0.05) is 5.75 Å². The number of rotatable bonds is 4. The van der Waals surface area contributed by atoms with Crippen LogP contribution in [-0.4, -0.2) is 64.7 Å². The highest BCUT2D eigenvalue weighted by atomic mass is 32.2. The first-order valence-electron chi connectivity index (χ1n) is 9.72. The van der Waals surface area contributed by atoms with Gasteiger partial charge < -0.3 is 14.8 Å². The molecule has 4 rings (SSSR count). The summed E-state index contributed by atoms with van der Waals surface area (Å²) in [6, 6.07) is 6.36. The van der Waals surface area contributed by atoms with Crippen molar-refractivity contribution in [3.05, 3.63) is 57.4 Å². The van der Waals surface area contributed by atoms with Crippen LogP contribution in [0.4, 0.5) is 0 Å². The fourth-order valence-electron chi connectivity index (χ4n) is 3.51. The van der Waals surface area contributed by atoms with Crippen molar-refractivity contribution in [3.63, 3.8) is 0 Å². The lowest BCUT2D eigenvalue weighted by Gasteiger charge is -2.31. The Morgan fingerprint density at radius 2 is 1.66 bits per heavy atom. The van der Waals surface area contributed by atoms with Crippen LogP contribution in [-0.2, 0) is 19.1 Å². The zero-order chi connectivity index (χ0) is 22.8. The summed E-state index contributed by atoms with van der Waals surface area (Å²) in [6.45, 7) is 0. The lowest BCUT2D eigenvalue weighted by atomic mass is 10.1. The molecular formula is C21H20N2O6S3. The van der Waals surface area contributed by atoms with Crippen LogP contribution in [0.5, 0.6) is 0 Å². The van der Waals surface area contributed by atoms with Gasteiger partial charge in [0.1, 0.15) is 10.7 Å². The third-order valence-electron chi connectivity index (χ3n) is 5.04. The number of methoxy groups -OCH3 is 2. The zero-order valence-corrected chi connectivity index (χ0v) is 19.8. The Balaban J connectivity index is 1.78. The molecule has 32 heavy (non-hydrogen) atoms. The normalized spacial score (nSPS) is 20.6. The summed E-state index contributed by atoms with van der Waals surface area (Å²) in [5.74, 6) is -0.278. The lowest BCUT2D eigenvalue weighted by molar-refractivity contribution is -0.138. The molecule has 2 amide bonds. The molecule has 0 aromatic heterocycles. The van der Waals surface area contributed by atoms with E-state index in [1.807, 2.05) is 0 Å². The van der Waals surface area contributed by atoms with Crippen molar-refractivity contribution in [2.75, 3.05) is 31.5 Å². The molecule has 0 spiro atoms. The van der Waals surface area contributed by atoms with Crippen molar-refractivity contribution in [1.82, 2.24) is 10.2 Å². The van der Waals surface area contributed by atoms with Crippen LogP contribution < -0.4 is 5.32 Å². The van der Waals surface area contributed by atoms with E-state index in [1.165, 1.54) is 38.1 Å². The molecule has 0 atom stereocenters. The van der Waals surface area contributed by atoms with Gasteiger partial charge in [-0.25, -0.2) is 14.5 Å². The third-order valence-corrected chi connectivity index (χ3v) is 9.12. The van der Waals surface area contributed by atoms with Crippen molar-refractivity contribution in [2.45, 2.75) is 11.0 Å². The van der Waals surface area contributed by atoms with Crippen molar-refractivity contribution in [1.29, 1.82) is 0 Å². The summed E-state index contributed by atoms with van der Waals surface area (Å²) in [5, 5.41) is 3.18. The standard InChI is InChI=1S/C21H20N2O6S3/c1-28-19(26)14-13(21-30-8-5-9-31-21)10-32-16(22-14)15(20(27)29-2)23-17(24)11-6-3-4-7-12(11)18(23)25/h3-4,6-7,21-22H,5,8-10H2,1-2H3/b16-15-. The summed E-state index contributed by atoms with van der Waals surface area (Å²) in [4.78, 5) is 52.2. The van der Waals surface area contributed by atoms with Gasteiger partial charge >= 0.3 is 11.9 Å². The molecule has 0 bridgehead atoms. The predicted octanol–water partition coefficient (Wildman–Crippen LogP) is 2.58. The van der Waals surface area contributed by atoms with Crippen molar-refractivity contribution in [3.8, 4) is 0 Å². The number of benzene rings is 1. The number of nitrogens with one attached hydrogen (secondary N) is 1. The number of hydrogen-bond donors (Lipinski definition) is 1. The Labute approximate surface area is 197 Å². The van der Waals surface area contributed by atoms with Crippen LogP contribution in [0, 0.1) is 0 Å². The van der Waals surface area contributed by atoms with Gasteiger partial charge in [-0.2, -0.15) is 0 Å². The SMILES string of the molecule is COC(=O)C1=C(C2SCCCS2)CS/C(=C(/C(=O)OC)N2C(=O)c3ccccc3C2=O)N1. The molecule has 0 saturated carbocycles. The summed E-state index contributed by atoms with van der Waals surface area (Å²) < 4.78 is 9.96. The quantitative estimate of drug-likeness (QED) is 0.383. The van der Waals surface area contributed by atoms with Gasteiger partial charge in [-0.1, -0.05) is 12.1 Å². The minimum absolute atomic E-state index is 0.0836. The van der Waals surface area contributed by atoms with Crippen LogP contribution >= 0.6 is 35.3 Å². The average molecular weight is 493 g/mol. The van der Waals surface area contributed by atoms with Crippen molar-refractivity contribution < 1.29 is 28.7 Å². The molecule has 11 heteroatoms. The largest absolute Gasteiger partial charge is 0.464 e. The molecule has 1 aromatic carbocycles. The molecule has 0 aliphatic carbocycles. The Bertz CT molecular complexity index is 1030. The van der Waals surface area contributed by atoms with Crippen LogP contribution in [0.15, 0.2) is 46.3 Å². The summed E-state index contributed by atoms with van der Waals surface area (Å²) >= 11 is 4.76. The lowest BCUT2D eigenvalue weighted by Crippen LogP contribution is -2.38. The minimum Gasteiger partial charge on any atom is -0.464 e. The van der Waals surface area contributed by atoms with Gasteiger partial charge in [-0.15, -0.1) is 35.3 Å². The molecule has 1 N–H and O–H groups in total. The van der Waals surface area contributed by atoms with Crippen LogP contribution in [0.25, 0.3) is 0 Å². The minimum atomic E-state index is -0.858. The van der Waals surface area contributed by atoms with Gasteiger partial charge in [-0.3, -0.25) is 9.59 Å². The van der Waals surface area contributed by atoms with Crippen LogP contribution in [0.2, 0.25) is 0 Å². The number of fused-ring (bicyclic) bond motifs is 1. The smallest absolute Gasteiger partial charge is 0.358 e. The molecule has 0 radical (unpaired) electrons. The van der Waals surface area contributed by atoms with E-state index in [1.54, 1.807) is 35.7 Å². The highest BCUT2D eigenvalue weighted by Gasteiger charge is 2.43. The first-order valence-corrected chi connectivity index (χ1v) is 12.8. The monoisotopic (exact) mass is 492 g/mol. The number of esters is 2. The van der Waals surface area contributed by atoms with Gasteiger partial charge in [0.05, 0.1) is 29.9 Å². The first-order chi connectivity index (χ1) is 15.5. The number of carbonyl (C=O) groups is 4. The first kappa shape index (κ1) is 22.8. The van der Waals surface area contributed by atoms with E-state index in [9.17, 15) is 19.2 Å². The zero-order valence-electron chi connectivity index (χ0n) is 17.3. The number of ether oxygens (including phenoxy) is 2. The van der Waals surface area contributed by atoms with Gasteiger partial charge in [0.15, 0.2) is 5.70 Å². The average Bonchev–Trinajstić information content (AvgIpc) is 3.09. The van der Waals surface area contributed by atoms with E-state index in [4.69, 9.17) is 9.47 Å². The second-order valence-corrected chi connectivity index (χ2v) is 10.6. The molecular weight excluding hydrogens is 472 g/mol. The van der Waals surface area contributed by atoms with E-state index in [0.717, 1.165) is 28.4 Å². The fourth-order valence-corrected chi connectivity index (χ4v) is 7.82. The maximum atomic E-state index is 13.0. The molecule has 8 nitrogen and oxygen atoms in total. The number of thioether (sulfide) groups is 3. The van der Waals surface area contributed by atoms with Gasteiger partial charge in [-0.05, 0) is 35.6 Å². The molecule has 1 fully saturated rings. The molecule has 168 valence electrons. The summed E-state index contributed by atoms with van der Waals surface area (Å²) in [5.41, 5.74) is 1.27. The van der Waals surface area contributed by atoms with Crippen molar-refractivity contribution >= 4 is 59.0 Å². The molecule has 0 unspecified atom stereocenters. The van der Waals surface area contributed by atoms with E-state index < -0.39 is 23.8 Å². The maximum absolute atomic E-state index is 13.0. The number of amides is 2. The van der Waals surface area contributed by atoms with E-state index >= 15 is 0 Å². The highest BCUT2D eigenvalue weighted by molar-refractivity contribution is 8.18. The number of nitrogens with zero attached hydrogens (tertiary/aromatic N) is 1. The molecule has 3 aliphatic rings. The number of hydrogen-bond acceptors (Lipinski definition) is 10. The van der Waals surface area contributed by atoms with Crippen LogP contribution in [0.3, 0.4) is 0 Å². The second-order valence-electron chi connectivity index (χ2n) is 6.89. The van der Waals surface area contributed by atoms with Gasteiger partial charge in [0.2, 0.25) is 0 Å². The Kier molecular flexibility index (Phi) is 6.87. The molecule has 1 aromatic rings. The molecule has 3 aliphatic heterocycles. The topological polar surface area (TPSA) is 102 Å². The third kappa shape index (κ3) is 4.04. The molecule has 3 heterocycles. The fraction of sp³-hybridized carbons (Fsp3) is 0.333. The van der Waals surface area contributed by atoms with Crippen molar-refractivity contribution in [2.24, 2.45) is 0 Å². The number of imide groups is 1. The Morgan fingerprint density at radius 1 is 1.03 bits per heavy atom. The Hall–Kier alpha value is -2.37. The van der Waals surface area contributed by atoms with E-state index in [2.05, 4.69) is 5.32 Å². The predicted molar refractivity (Wildman–Crippen MR) is 124 cm³/mol. The maximum Gasteiger partial charge on any atom is 0.358 e. The van der Waals surface area contributed by atoms with Gasteiger partial charge in [0.25, 0.3) is 11.8 Å². The highest BCUT2D eigenvalue weighted by Crippen LogP contribution is 2.42. The van der Waals surface area contributed by atoms with Crippen LogP contribution in [0.1, 0.15) is 27.1 Å². The summed E-state index contributed by atoms with van der Waals surface area (Å²) in [6.07, 6.45) is 1.10. The molecule has 1 saturated heterocycles. The summed E-state index contributed by atoms with van der Waals surface area (Å²) in [7, 11) is 2.46. The van der Waals surface area contributed by atoms with E-state index in [-0.39, 0.29) is 32.1 Å². The Morgan fingerprint density at radius 3 is 2.22 bits per heavy atom. The number of carbonyl (C=O) groups excluding carboxylic acids is 4. The second kappa shape index (κ2) is 9.63. The van der Waals surface area contributed by atoms with E-state index in [0.29, 0.717) is 5.75 Å².